The quantitative estimate of drug-likeness (QED) is 0.780. The Morgan fingerprint density at radius 2 is 1.78 bits per heavy atom. The van der Waals surface area contributed by atoms with Gasteiger partial charge in [-0.05, 0) is 31.2 Å². The number of fused-ring (bicyclic) bond motifs is 1. The minimum Gasteiger partial charge on any atom is -0.489 e. The van der Waals surface area contributed by atoms with Gasteiger partial charge < -0.3 is 9.84 Å². The van der Waals surface area contributed by atoms with Crippen molar-refractivity contribution < 1.29 is 18.3 Å². The Kier molecular flexibility index (Phi) is 4.11. The fraction of sp³-hybridized carbons (Fsp3) is 0.176. The third kappa shape index (κ3) is 2.83. The number of hydrogen-bond donors (Lipinski definition) is 1. The second-order valence-corrected chi connectivity index (χ2v) is 7.01. The molecule has 0 saturated carbocycles. The van der Waals surface area contributed by atoms with Crippen LogP contribution in [0.3, 0.4) is 0 Å². The van der Waals surface area contributed by atoms with Crippen LogP contribution in [0.25, 0.3) is 10.9 Å². The van der Waals surface area contributed by atoms with Gasteiger partial charge in [0.05, 0.1) is 23.2 Å². The molecule has 0 aliphatic carbocycles. The summed E-state index contributed by atoms with van der Waals surface area (Å²) < 4.78 is 32.5. The van der Waals surface area contributed by atoms with E-state index in [4.69, 9.17) is 9.84 Å². The summed E-state index contributed by atoms with van der Waals surface area (Å²) in [6.45, 7) is 1.88. The number of rotatable bonds is 5. The highest BCUT2D eigenvalue weighted by atomic mass is 32.2. The van der Waals surface area contributed by atoms with Crippen LogP contribution in [-0.4, -0.2) is 30.7 Å². The molecular formula is C17H17NO4S. The van der Waals surface area contributed by atoms with Crippen molar-refractivity contribution in [1.29, 1.82) is 0 Å². The number of aliphatic hydroxyl groups excluding tert-OH is 1. The van der Waals surface area contributed by atoms with E-state index in [1.165, 1.54) is 10.2 Å². The van der Waals surface area contributed by atoms with Crippen LogP contribution in [0.4, 0.5) is 0 Å². The monoisotopic (exact) mass is 331 g/mol. The molecule has 3 rings (SSSR count). The van der Waals surface area contributed by atoms with E-state index in [0.29, 0.717) is 16.7 Å². The lowest BCUT2D eigenvalue weighted by Crippen LogP contribution is -2.11. The largest absolute Gasteiger partial charge is 0.489 e. The topological polar surface area (TPSA) is 68.5 Å². The lowest BCUT2D eigenvalue weighted by Gasteiger charge is -2.07. The fourth-order valence-electron chi connectivity index (χ4n) is 2.41. The Morgan fingerprint density at radius 3 is 2.48 bits per heavy atom. The van der Waals surface area contributed by atoms with Crippen molar-refractivity contribution in [2.24, 2.45) is 0 Å². The van der Waals surface area contributed by atoms with Gasteiger partial charge in [-0.2, -0.15) is 0 Å². The van der Waals surface area contributed by atoms with Gasteiger partial charge in [-0.15, -0.1) is 0 Å². The number of aryl methyl sites for hydroxylation is 1. The predicted octanol–water partition coefficient (Wildman–Crippen LogP) is 2.56. The molecule has 5 nitrogen and oxygen atoms in total. The number of nitrogens with zero attached hydrogens (tertiary/aromatic N) is 1. The molecule has 0 unspecified atom stereocenters. The molecule has 1 aromatic heterocycles. The maximum atomic E-state index is 12.9. The summed E-state index contributed by atoms with van der Waals surface area (Å²) in [5, 5.41) is 9.61. The lowest BCUT2D eigenvalue weighted by molar-refractivity contribution is 0.202. The van der Waals surface area contributed by atoms with Gasteiger partial charge >= 0.3 is 0 Å². The summed E-state index contributed by atoms with van der Waals surface area (Å²) in [5.74, 6) is 0.435. The molecule has 23 heavy (non-hydrogen) atoms. The normalized spacial score (nSPS) is 11.7. The number of aliphatic hydroxyl groups is 1. The molecule has 6 heteroatoms. The summed E-state index contributed by atoms with van der Waals surface area (Å²) in [7, 11) is -3.71. The van der Waals surface area contributed by atoms with Crippen molar-refractivity contribution in [3.8, 4) is 5.75 Å². The maximum Gasteiger partial charge on any atom is 0.268 e. The van der Waals surface area contributed by atoms with E-state index in [1.54, 1.807) is 42.5 Å². The van der Waals surface area contributed by atoms with Gasteiger partial charge in [0.2, 0.25) is 0 Å². The average Bonchev–Trinajstić information content (AvgIpc) is 2.93. The summed E-state index contributed by atoms with van der Waals surface area (Å²) in [5.41, 5.74) is 1.54. The van der Waals surface area contributed by atoms with Gasteiger partial charge in [-0.3, -0.25) is 0 Å². The van der Waals surface area contributed by atoms with Crippen LogP contribution >= 0.6 is 0 Å². The molecule has 0 atom stereocenters. The molecule has 0 radical (unpaired) electrons. The Balaban J connectivity index is 2.17. The predicted molar refractivity (Wildman–Crippen MR) is 88.3 cm³/mol. The van der Waals surface area contributed by atoms with E-state index in [0.717, 1.165) is 5.56 Å². The van der Waals surface area contributed by atoms with Crippen molar-refractivity contribution in [2.45, 2.75) is 11.8 Å². The van der Waals surface area contributed by atoms with E-state index in [-0.39, 0.29) is 18.1 Å². The van der Waals surface area contributed by atoms with E-state index < -0.39 is 10.0 Å². The molecule has 0 amide bonds. The molecule has 1 N–H and O–H groups in total. The number of para-hydroxylation sites is 1. The van der Waals surface area contributed by atoms with E-state index >= 15 is 0 Å². The van der Waals surface area contributed by atoms with Crippen molar-refractivity contribution in [1.82, 2.24) is 3.97 Å². The molecular weight excluding hydrogens is 314 g/mol. The standard InChI is InChI=1S/C17H17NO4S/c1-13-6-8-14(9-7-13)23(20,21)18-12-17(22-11-10-19)15-4-2-3-5-16(15)18/h2-9,12,19H,10-11H2,1H3. The van der Waals surface area contributed by atoms with Gasteiger partial charge in [-0.1, -0.05) is 29.8 Å². The Hall–Kier alpha value is -2.31. The van der Waals surface area contributed by atoms with Crippen LogP contribution in [0.15, 0.2) is 59.6 Å². The number of benzene rings is 2. The lowest BCUT2D eigenvalue weighted by atomic mass is 10.2. The molecule has 0 aliphatic rings. The Bertz CT molecular complexity index is 927. The summed E-state index contributed by atoms with van der Waals surface area (Å²) in [6.07, 6.45) is 1.45. The highest BCUT2D eigenvalue weighted by Crippen LogP contribution is 2.31. The molecule has 0 bridgehead atoms. The third-order valence-electron chi connectivity index (χ3n) is 3.57. The van der Waals surface area contributed by atoms with Crippen molar-refractivity contribution in [3.63, 3.8) is 0 Å². The second-order valence-electron chi connectivity index (χ2n) is 5.20. The van der Waals surface area contributed by atoms with Gasteiger partial charge in [-0.25, -0.2) is 12.4 Å². The number of hydrogen-bond acceptors (Lipinski definition) is 4. The van der Waals surface area contributed by atoms with Crippen LogP contribution in [0.5, 0.6) is 5.75 Å². The number of ether oxygens (including phenoxy) is 1. The summed E-state index contributed by atoms with van der Waals surface area (Å²) in [4.78, 5) is 0.220. The van der Waals surface area contributed by atoms with Crippen molar-refractivity contribution >= 4 is 20.9 Å². The highest BCUT2D eigenvalue weighted by molar-refractivity contribution is 7.90. The maximum absolute atomic E-state index is 12.9. The van der Waals surface area contributed by atoms with Crippen molar-refractivity contribution in [3.05, 3.63) is 60.3 Å². The van der Waals surface area contributed by atoms with Gasteiger partial charge in [0.25, 0.3) is 10.0 Å². The highest BCUT2D eigenvalue weighted by Gasteiger charge is 2.21. The molecule has 0 fully saturated rings. The minimum absolute atomic E-state index is 0.110. The Labute approximate surface area is 134 Å². The van der Waals surface area contributed by atoms with Crippen LogP contribution in [0.2, 0.25) is 0 Å². The molecule has 1 heterocycles. The average molecular weight is 331 g/mol. The first-order valence-corrected chi connectivity index (χ1v) is 8.64. The molecule has 3 aromatic rings. The second kappa shape index (κ2) is 6.06. The summed E-state index contributed by atoms with van der Waals surface area (Å²) >= 11 is 0. The Morgan fingerprint density at radius 1 is 1.09 bits per heavy atom. The molecule has 0 saturated heterocycles. The fourth-order valence-corrected chi connectivity index (χ4v) is 3.77. The zero-order chi connectivity index (χ0) is 16.4. The first-order chi connectivity index (χ1) is 11.0. The van der Waals surface area contributed by atoms with E-state index in [2.05, 4.69) is 0 Å². The van der Waals surface area contributed by atoms with Gasteiger partial charge in [0, 0.05) is 5.39 Å². The van der Waals surface area contributed by atoms with Gasteiger partial charge in [0.15, 0.2) is 0 Å². The zero-order valence-corrected chi connectivity index (χ0v) is 13.5. The first-order valence-electron chi connectivity index (χ1n) is 7.20. The zero-order valence-electron chi connectivity index (χ0n) is 12.6. The van der Waals surface area contributed by atoms with Crippen molar-refractivity contribution in [2.75, 3.05) is 13.2 Å². The van der Waals surface area contributed by atoms with Crippen LogP contribution in [0, 0.1) is 6.92 Å². The number of aromatic nitrogens is 1. The SMILES string of the molecule is Cc1ccc(S(=O)(=O)n2cc(OCCO)c3ccccc32)cc1. The van der Waals surface area contributed by atoms with Gasteiger partial charge in [0.1, 0.15) is 12.4 Å². The molecule has 2 aromatic carbocycles. The minimum atomic E-state index is -3.71. The molecule has 120 valence electrons. The van der Waals surface area contributed by atoms with Crippen LogP contribution in [0.1, 0.15) is 5.56 Å². The first kappa shape index (κ1) is 15.6. The molecule has 0 aliphatic heterocycles. The summed E-state index contributed by atoms with van der Waals surface area (Å²) in [6, 6.07) is 13.8. The smallest absolute Gasteiger partial charge is 0.268 e. The molecule has 0 spiro atoms. The van der Waals surface area contributed by atoms with Crippen LogP contribution in [-0.2, 0) is 10.0 Å². The van der Waals surface area contributed by atoms with E-state index in [9.17, 15) is 8.42 Å². The van der Waals surface area contributed by atoms with E-state index in [1.807, 2.05) is 13.0 Å². The third-order valence-corrected chi connectivity index (χ3v) is 5.26. The van der Waals surface area contributed by atoms with Crippen LogP contribution < -0.4 is 4.74 Å².